The minimum absolute atomic E-state index is 0.148. The highest BCUT2D eigenvalue weighted by Crippen LogP contribution is 2.63. The molecule has 0 aliphatic heterocycles. The molecule has 4 rings (SSSR count). The van der Waals surface area contributed by atoms with Crippen molar-refractivity contribution in [1.82, 2.24) is 0 Å². The summed E-state index contributed by atoms with van der Waals surface area (Å²) >= 11 is 0. The van der Waals surface area contributed by atoms with Gasteiger partial charge in [-0.05, 0) is 43.1 Å². The van der Waals surface area contributed by atoms with Crippen LogP contribution in [-0.2, 0) is 12.4 Å². The van der Waals surface area contributed by atoms with Crippen LogP contribution in [0.3, 0.4) is 0 Å². The van der Waals surface area contributed by atoms with E-state index in [0.29, 0.717) is 24.2 Å². The van der Waals surface area contributed by atoms with Crippen LogP contribution in [0.25, 0.3) is 0 Å². The number of hydrogen-bond donors (Lipinski definition) is 0. The second-order valence-corrected chi connectivity index (χ2v) is 7.38. The number of alkyl halides is 6. The minimum atomic E-state index is -4.77. The summed E-state index contributed by atoms with van der Waals surface area (Å²) in [6.07, 6.45) is -4.61. The lowest BCUT2D eigenvalue weighted by atomic mass is 9.73. The van der Waals surface area contributed by atoms with Crippen LogP contribution in [0, 0.1) is 29.6 Å². The molecule has 2 bridgehead atoms. The van der Waals surface area contributed by atoms with Gasteiger partial charge in [0, 0.05) is 18.3 Å². The Morgan fingerprint density at radius 1 is 0.833 bits per heavy atom. The summed E-state index contributed by atoms with van der Waals surface area (Å²) in [5, 5.41) is 0. The molecule has 3 saturated carbocycles. The molecule has 3 aliphatic carbocycles. The SMILES string of the molecule is FC(F)(F)c1cc([C+]2C[C@@H]3C[C@H]2[C@H]2CCC[C@@H]32)cc(C(F)(F)F)c1. The van der Waals surface area contributed by atoms with Crippen molar-refractivity contribution in [3.8, 4) is 0 Å². The summed E-state index contributed by atoms with van der Waals surface area (Å²) < 4.78 is 78.3. The fourth-order valence-electron chi connectivity index (χ4n) is 5.32. The average molecular weight is 347 g/mol. The highest BCUT2D eigenvalue weighted by Gasteiger charge is 2.57. The van der Waals surface area contributed by atoms with Crippen molar-refractivity contribution in [3.63, 3.8) is 0 Å². The number of fused-ring (bicyclic) bond motifs is 5. The monoisotopic (exact) mass is 347 g/mol. The van der Waals surface area contributed by atoms with Crippen molar-refractivity contribution in [2.45, 2.75) is 44.5 Å². The molecule has 0 unspecified atom stereocenters. The Labute approximate surface area is 136 Å². The maximum atomic E-state index is 13.0. The maximum absolute atomic E-state index is 13.0. The van der Waals surface area contributed by atoms with E-state index in [0.717, 1.165) is 43.7 Å². The van der Waals surface area contributed by atoms with Gasteiger partial charge in [-0.2, -0.15) is 26.3 Å². The minimum Gasteiger partial charge on any atom is -0.165 e. The summed E-state index contributed by atoms with van der Waals surface area (Å²) in [7, 11) is 0. The largest absolute Gasteiger partial charge is 0.428 e. The third kappa shape index (κ3) is 2.49. The van der Waals surface area contributed by atoms with E-state index in [1.165, 1.54) is 0 Å². The Morgan fingerprint density at radius 3 is 2.00 bits per heavy atom. The molecule has 130 valence electrons. The lowest BCUT2D eigenvalue weighted by Gasteiger charge is -2.28. The van der Waals surface area contributed by atoms with Gasteiger partial charge in [-0.1, -0.05) is 6.42 Å². The Bertz CT molecular complexity index is 612. The quantitative estimate of drug-likeness (QED) is 0.425. The first-order valence-corrected chi connectivity index (χ1v) is 8.30. The van der Waals surface area contributed by atoms with E-state index in [4.69, 9.17) is 0 Å². The van der Waals surface area contributed by atoms with Crippen molar-refractivity contribution in [2.24, 2.45) is 23.7 Å². The van der Waals surface area contributed by atoms with Crippen LogP contribution in [-0.4, -0.2) is 0 Å². The molecule has 24 heavy (non-hydrogen) atoms. The molecule has 3 fully saturated rings. The van der Waals surface area contributed by atoms with Gasteiger partial charge in [-0.3, -0.25) is 0 Å². The Balaban J connectivity index is 1.73. The first-order chi connectivity index (χ1) is 11.1. The summed E-state index contributed by atoms with van der Waals surface area (Å²) in [6, 6.07) is 2.04. The second kappa shape index (κ2) is 5.09. The van der Waals surface area contributed by atoms with Gasteiger partial charge >= 0.3 is 12.4 Å². The van der Waals surface area contributed by atoms with E-state index in [9.17, 15) is 26.3 Å². The Hall–Kier alpha value is -1.33. The average Bonchev–Trinajstić information content (AvgIpc) is 3.17. The molecule has 1 aromatic rings. The van der Waals surface area contributed by atoms with Crippen molar-refractivity contribution < 1.29 is 26.3 Å². The zero-order valence-corrected chi connectivity index (χ0v) is 12.8. The van der Waals surface area contributed by atoms with Crippen LogP contribution in [0.15, 0.2) is 18.2 Å². The van der Waals surface area contributed by atoms with Gasteiger partial charge in [-0.25, -0.2) is 0 Å². The van der Waals surface area contributed by atoms with E-state index in [2.05, 4.69) is 0 Å². The molecule has 0 aromatic heterocycles. The molecule has 3 aliphatic rings. The van der Waals surface area contributed by atoms with Crippen LogP contribution in [0.5, 0.6) is 0 Å². The molecular weight excluding hydrogens is 330 g/mol. The van der Waals surface area contributed by atoms with Crippen LogP contribution in [0.2, 0.25) is 0 Å². The van der Waals surface area contributed by atoms with E-state index in [1.54, 1.807) is 0 Å². The molecule has 0 spiro atoms. The van der Waals surface area contributed by atoms with Crippen LogP contribution >= 0.6 is 0 Å². The lowest BCUT2D eigenvalue weighted by Crippen LogP contribution is -2.24. The Morgan fingerprint density at radius 2 is 1.42 bits per heavy atom. The molecule has 0 nitrogen and oxygen atoms in total. The summed E-state index contributed by atoms with van der Waals surface area (Å²) in [6.45, 7) is 0. The van der Waals surface area contributed by atoms with Gasteiger partial charge < -0.3 is 0 Å². The van der Waals surface area contributed by atoms with Crippen LogP contribution in [0.4, 0.5) is 26.3 Å². The zero-order valence-electron chi connectivity index (χ0n) is 12.8. The fraction of sp³-hybridized carbons (Fsp3) is 0.611. The molecular formula is C18H17F6+. The van der Waals surface area contributed by atoms with Crippen LogP contribution < -0.4 is 0 Å². The highest BCUT2D eigenvalue weighted by molar-refractivity contribution is 5.43. The number of halogens is 6. The molecule has 0 amide bonds. The van der Waals surface area contributed by atoms with Gasteiger partial charge in [0.15, 0.2) is 0 Å². The lowest BCUT2D eigenvalue weighted by molar-refractivity contribution is -0.143. The second-order valence-electron chi connectivity index (χ2n) is 7.38. The van der Waals surface area contributed by atoms with E-state index in [1.807, 2.05) is 0 Å². The van der Waals surface area contributed by atoms with E-state index < -0.39 is 23.5 Å². The van der Waals surface area contributed by atoms with Crippen molar-refractivity contribution in [1.29, 1.82) is 0 Å². The van der Waals surface area contributed by atoms with Gasteiger partial charge in [0.1, 0.15) is 16.7 Å². The van der Waals surface area contributed by atoms with Crippen molar-refractivity contribution in [2.75, 3.05) is 0 Å². The molecule has 0 heterocycles. The van der Waals surface area contributed by atoms with Gasteiger partial charge in [0.2, 0.25) is 0 Å². The standard InChI is InChI=1S/C18H17F6/c19-17(20,21)11-4-9(5-12(8-11)18(22,23)24)15-6-10-7-16(15)14-3-1-2-13(10)14/h4-5,8,10,13-14,16H,1-3,6-7H2/q+1/t10-,13+,14+,16+/m1/s1. The smallest absolute Gasteiger partial charge is 0.165 e. The highest BCUT2D eigenvalue weighted by atomic mass is 19.4. The third-order valence-electron chi connectivity index (χ3n) is 6.19. The summed E-state index contributed by atoms with van der Waals surface area (Å²) in [5.41, 5.74) is -2.26. The van der Waals surface area contributed by atoms with E-state index >= 15 is 0 Å². The zero-order chi connectivity index (χ0) is 17.3. The molecule has 0 saturated heterocycles. The van der Waals surface area contributed by atoms with E-state index in [-0.39, 0.29) is 17.5 Å². The Kier molecular flexibility index (Phi) is 3.42. The predicted octanol–water partition coefficient (Wildman–Crippen LogP) is 6.10. The predicted molar refractivity (Wildman–Crippen MR) is 75.8 cm³/mol. The third-order valence-corrected chi connectivity index (χ3v) is 6.19. The first-order valence-electron chi connectivity index (χ1n) is 8.30. The molecule has 0 N–H and O–H groups in total. The normalized spacial score (nSPS) is 32.5. The van der Waals surface area contributed by atoms with Gasteiger partial charge in [0.25, 0.3) is 0 Å². The van der Waals surface area contributed by atoms with Gasteiger partial charge in [0.05, 0.1) is 12.1 Å². The van der Waals surface area contributed by atoms with Crippen molar-refractivity contribution in [3.05, 3.63) is 40.8 Å². The van der Waals surface area contributed by atoms with Gasteiger partial charge in [-0.15, -0.1) is 0 Å². The fourth-order valence-corrected chi connectivity index (χ4v) is 5.32. The molecule has 0 radical (unpaired) electrons. The maximum Gasteiger partial charge on any atom is 0.428 e. The molecule has 1 aromatic carbocycles. The van der Waals surface area contributed by atoms with Crippen molar-refractivity contribution >= 4 is 0 Å². The molecule has 6 heteroatoms. The first kappa shape index (κ1) is 16.2. The number of hydrogen-bond acceptors (Lipinski definition) is 0. The van der Waals surface area contributed by atoms with Crippen LogP contribution in [0.1, 0.15) is 48.8 Å². The topological polar surface area (TPSA) is 0 Å². The summed E-state index contributed by atoms with van der Waals surface area (Å²) in [4.78, 5) is 0. The molecule has 4 atom stereocenters. The number of rotatable bonds is 1. The number of benzene rings is 1. The summed E-state index contributed by atoms with van der Waals surface area (Å²) in [5.74, 6) is 2.53.